The summed E-state index contributed by atoms with van der Waals surface area (Å²) in [7, 11) is 0. The fraction of sp³-hybridized carbons (Fsp3) is 0.526. The van der Waals surface area contributed by atoms with Crippen LogP contribution in [0.15, 0.2) is 18.2 Å². The van der Waals surface area contributed by atoms with Gasteiger partial charge in [-0.1, -0.05) is 11.6 Å². The summed E-state index contributed by atoms with van der Waals surface area (Å²) < 4.78 is 5.63. The quantitative estimate of drug-likeness (QED) is 0.894. The first-order chi connectivity index (χ1) is 12.1. The lowest BCUT2D eigenvalue weighted by atomic mass is 9.94. The van der Waals surface area contributed by atoms with E-state index in [1.165, 1.54) is 12.8 Å². The SMILES string of the molecule is Cc1ccc(NC(=O)C2CCCOC2C)c(-c2n[nH]c(C3CC3)n2)c1. The Labute approximate surface area is 147 Å². The summed E-state index contributed by atoms with van der Waals surface area (Å²) in [5, 5.41) is 10.5. The van der Waals surface area contributed by atoms with Gasteiger partial charge in [0.15, 0.2) is 5.82 Å². The van der Waals surface area contributed by atoms with E-state index >= 15 is 0 Å². The highest BCUT2D eigenvalue weighted by molar-refractivity contribution is 5.96. The van der Waals surface area contributed by atoms with Gasteiger partial charge in [0.2, 0.25) is 5.91 Å². The molecular weight excluding hydrogens is 316 g/mol. The van der Waals surface area contributed by atoms with Crippen molar-refractivity contribution >= 4 is 11.6 Å². The van der Waals surface area contributed by atoms with Gasteiger partial charge in [-0.2, -0.15) is 5.10 Å². The van der Waals surface area contributed by atoms with Gasteiger partial charge in [-0.15, -0.1) is 0 Å². The van der Waals surface area contributed by atoms with Crippen molar-refractivity contribution in [3.8, 4) is 11.4 Å². The van der Waals surface area contributed by atoms with Gasteiger partial charge in [0, 0.05) is 18.1 Å². The molecule has 25 heavy (non-hydrogen) atoms. The molecule has 1 aliphatic carbocycles. The number of ether oxygens (including phenoxy) is 1. The molecule has 0 spiro atoms. The first kappa shape index (κ1) is 16.3. The number of aryl methyl sites for hydroxylation is 1. The number of benzene rings is 1. The highest BCUT2D eigenvalue weighted by atomic mass is 16.5. The van der Waals surface area contributed by atoms with Crippen molar-refractivity contribution in [2.75, 3.05) is 11.9 Å². The minimum absolute atomic E-state index is 0.00950. The van der Waals surface area contributed by atoms with Crippen LogP contribution in [0.25, 0.3) is 11.4 Å². The van der Waals surface area contributed by atoms with Crippen LogP contribution in [0.3, 0.4) is 0 Å². The Morgan fingerprint density at radius 2 is 2.16 bits per heavy atom. The number of hydrogen-bond donors (Lipinski definition) is 2. The fourth-order valence-electron chi connectivity index (χ4n) is 3.38. The van der Waals surface area contributed by atoms with Crippen LogP contribution in [0, 0.1) is 12.8 Å². The second-order valence-electron chi connectivity index (χ2n) is 7.18. The first-order valence-electron chi connectivity index (χ1n) is 9.07. The molecule has 1 aromatic heterocycles. The van der Waals surface area contributed by atoms with Gasteiger partial charge in [0.05, 0.1) is 17.7 Å². The van der Waals surface area contributed by atoms with Crippen molar-refractivity contribution in [1.82, 2.24) is 15.2 Å². The molecule has 0 bridgehead atoms. The molecule has 0 radical (unpaired) electrons. The molecule has 2 fully saturated rings. The second kappa shape index (κ2) is 6.59. The molecule has 1 aliphatic heterocycles. The molecule has 2 N–H and O–H groups in total. The van der Waals surface area contributed by atoms with E-state index in [1.54, 1.807) is 0 Å². The van der Waals surface area contributed by atoms with Crippen LogP contribution in [-0.4, -0.2) is 33.8 Å². The van der Waals surface area contributed by atoms with Crippen LogP contribution >= 0.6 is 0 Å². The van der Waals surface area contributed by atoms with E-state index in [1.807, 2.05) is 32.0 Å². The highest BCUT2D eigenvalue weighted by Crippen LogP contribution is 2.39. The summed E-state index contributed by atoms with van der Waals surface area (Å²) in [6, 6.07) is 5.95. The van der Waals surface area contributed by atoms with Crippen molar-refractivity contribution in [2.24, 2.45) is 5.92 Å². The number of H-pyrrole nitrogens is 1. The predicted molar refractivity (Wildman–Crippen MR) is 95.3 cm³/mol. The van der Waals surface area contributed by atoms with E-state index in [9.17, 15) is 4.79 Å². The molecule has 1 saturated heterocycles. The first-order valence-corrected chi connectivity index (χ1v) is 9.07. The van der Waals surface area contributed by atoms with Gasteiger partial charge in [-0.25, -0.2) is 4.98 Å². The number of nitrogens with one attached hydrogen (secondary N) is 2. The minimum atomic E-state index is -0.114. The smallest absolute Gasteiger partial charge is 0.230 e. The fourth-order valence-corrected chi connectivity index (χ4v) is 3.38. The third-order valence-electron chi connectivity index (χ3n) is 5.08. The summed E-state index contributed by atoms with van der Waals surface area (Å²) >= 11 is 0. The van der Waals surface area contributed by atoms with E-state index in [-0.39, 0.29) is 17.9 Å². The van der Waals surface area contributed by atoms with Crippen LogP contribution in [0.4, 0.5) is 5.69 Å². The van der Waals surface area contributed by atoms with Gasteiger partial charge < -0.3 is 10.1 Å². The largest absolute Gasteiger partial charge is 0.378 e. The average Bonchev–Trinajstić information content (AvgIpc) is 3.34. The van der Waals surface area contributed by atoms with Crippen molar-refractivity contribution in [2.45, 2.75) is 51.6 Å². The molecule has 6 nitrogen and oxygen atoms in total. The third-order valence-corrected chi connectivity index (χ3v) is 5.08. The Hall–Kier alpha value is -2.21. The van der Waals surface area contributed by atoms with Gasteiger partial charge in [-0.05, 0) is 51.7 Å². The number of carbonyl (C=O) groups excluding carboxylic acids is 1. The number of aromatic amines is 1. The number of anilines is 1. The van der Waals surface area contributed by atoms with E-state index in [4.69, 9.17) is 4.74 Å². The molecule has 1 saturated carbocycles. The number of rotatable bonds is 4. The van der Waals surface area contributed by atoms with Crippen molar-refractivity contribution < 1.29 is 9.53 Å². The third kappa shape index (κ3) is 3.44. The molecule has 1 aromatic carbocycles. The molecule has 2 heterocycles. The predicted octanol–water partition coefficient (Wildman–Crippen LogP) is 3.41. The zero-order chi connectivity index (χ0) is 17.4. The van der Waals surface area contributed by atoms with Gasteiger partial charge in [0.25, 0.3) is 0 Å². The molecule has 2 unspecified atom stereocenters. The van der Waals surface area contributed by atoms with Gasteiger partial charge in [-0.3, -0.25) is 9.89 Å². The van der Waals surface area contributed by atoms with Gasteiger partial charge >= 0.3 is 0 Å². The van der Waals surface area contributed by atoms with Crippen LogP contribution in [-0.2, 0) is 9.53 Å². The molecule has 2 aliphatic rings. The van der Waals surface area contributed by atoms with E-state index in [2.05, 4.69) is 20.5 Å². The number of amides is 1. The Morgan fingerprint density at radius 3 is 2.92 bits per heavy atom. The Balaban J connectivity index is 1.59. The lowest BCUT2D eigenvalue weighted by Gasteiger charge is -2.28. The molecule has 6 heteroatoms. The molecule has 2 atom stereocenters. The van der Waals surface area contributed by atoms with Crippen molar-refractivity contribution in [3.05, 3.63) is 29.6 Å². The summed E-state index contributed by atoms with van der Waals surface area (Å²) in [5.74, 6) is 2.01. The zero-order valence-corrected chi connectivity index (χ0v) is 14.7. The summed E-state index contributed by atoms with van der Waals surface area (Å²) in [6.07, 6.45) is 4.08. The standard InChI is InChI=1S/C19H24N4O2/c1-11-5-8-16(20-19(24)14-4-3-9-25-12(14)2)15(10-11)18-21-17(22-23-18)13-6-7-13/h5,8,10,12-14H,3-4,6-7,9H2,1-2H3,(H,20,24)(H,21,22,23). The summed E-state index contributed by atoms with van der Waals surface area (Å²) in [4.78, 5) is 17.4. The normalized spacial score (nSPS) is 23.4. The van der Waals surface area contributed by atoms with Crippen LogP contribution in [0.5, 0.6) is 0 Å². The van der Waals surface area contributed by atoms with Crippen molar-refractivity contribution in [1.29, 1.82) is 0 Å². The number of aromatic nitrogens is 3. The maximum atomic E-state index is 12.7. The number of nitrogens with zero attached hydrogens (tertiary/aromatic N) is 2. The number of hydrogen-bond acceptors (Lipinski definition) is 4. The second-order valence-corrected chi connectivity index (χ2v) is 7.18. The van der Waals surface area contributed by atoms with E-state index in [0.717, 1.165) is 42.1 Å². The van der Waals surface area contributed by atoms with Crippen molar-refractivity contribution in [3.63, 3.8) is 0 Å². The summed E-state index contributed by atoms with van der Waals surface area (Å²) in [6.45, 7) is 4.74. The Bertz CT molecular complexity index is 781. The van der Waals surface area contributed by atoms with Crippen LogP contribution in [0.2, 0.25) is 0 Å². The summed E-state index contributed by atoms with van der Waals surface area (Å²) in [5.41, 5.74) is 2.73. The molecular formula is C19H24N4O2. The Morgan fingerprint density at radius 1 is 1.32 bits per heavy atom. The van der Waals surface area contributed by atoms with Crippen LogP contribution < -0.4 is 5.32 Å². The molecule has 4 rings (SSSR count). The van der Waals surface area contributed by atoms with E-state index in [0.29, 0.717) is 11.7 Å². The zero-order valence-electron chi connectivity index (χ0n) is 14.7. The minimum Gasteiger partial charge on any atom is -0.378 e. The molecule has 1 amide bonds. The molecule has 132 valence electrons. The average molecular weight is 340 g/mol. The topological polar surface area (TPSA) is 79.9 Å². The lowest BCUT2D eigenvalue weighted by Crippen LogP contribution is -2.36. The maximum absolute atomic E-state index is 12.7. The van der Waals surface area contributed by atoms with Crippen LogP contribution in [0.1, 0.15) is 49.9 Å². The monoisotopic (exact) mass is 340 g/mol. The molecule has 2 aromatic rings. The highest BCUT2D eigenvalue weighted by Gasteiger charge is 2.30. The van der Waals surface area contributed by atoms with Gasteiger partial charge in [0.1, 0.15) is 5.82 Å². The number of carbonyl (C=O) groups is 1. The Kier molecular flexibility index (Phi) is 4.29. The lowest BCUT2D eigenvalue weighted by molar-refractivity contribution is -0.127. The maximum Gasteiger partial charge on any atom is 0.230 e. The van der Waals surface area contributed by atoms with E-state index < -0.39 is 0 Å².